The summed E-state index contributed by atoms with van der Waals surface area (Å²) in [5.41, 5.74) is 10.7. The van der Waals surface area contributed by atoms with Gasteiger partial charge in [-0.15, -0.1) is 5.11 Å². The normalized spacial score (nSPS) is 14.8. The number of hydrogen-bond acceptors (Lipinski definition) is 8. The van der Waals surface area contributed by atoms with E-state index in [0.29, 0.717) is 69.6 Å². The van der Waals surface area contributed by atoms with E-state index in [1.54, 1.807) is 24.3 Å². The van der Waals surface area contributed by atoms with Crippen LogP contribution in [0.15, 0.2) is 88.5 Å². The molecule has 13 nitrogen and oxygen atoms in total. The molecule has 1 unspecified atom stereocenters. The maximum absolute atomic E-state index is 12.7. The number of aryl methyl sites for hydroxylation is 6. The van der Waals surface area contributed by atoms with Crippen molar-refractivity contribution in [1.29, 1.82) is 0 Å². The molecule has 5 rings (SSSR count). The number of nitrogens with zero attached hydrogens (tertiary/aromatic N) is 5. The number of aromatic nitrogens is 2. The summed E-state index contributed by atoms with van der Waals surface area (Å²) in [4.78, 5) is 24.8. The van der Waals surface area contributed by atoms with Crippen LogP contribution in [0.5, 0.6) is 0 Å². The Labute approximate surface area is 342 Å². The number of ether oxygens (including phenoxy) is 4. The topological polar surface area (TPSA) is 142 Å². The van der Waals surface area contributed by atoms with E-state index in [9.17, 15) is 9.59 Å². The molecular formula is C45H59N7O6. The fourth-order valence-electron chi connectivity index (χ4n) is 7.27. The average Bonchev–Trinajstić information content (AvgIpc) is 3.56. The second-order valence-corrected chi connectivity index (χ2v) is 14.7. The third kappa shape index (κ3) is 13.1. The Hall–Kier alpha value is -5.37. The Balaban J connectivity index is 1.02. The van der Waals surface area contributed by atoms with Crippen LogP contribution in [0.2, 0.25) is 0 Å². The number of amides is 2. The largest absolute Gasteiger partial charge is 0.446 e. The van der Waals surface area contributed by atoms with Crippen molar-refractivity contribution in [3.8, 4) is 11.4 Å². The molecule has 13 heteroatoms. The summed E-state index contributed by atoms with van der Waals surface area (Å²) in [6.07, 6.45) is 12.7. The van der Waals surface area contributed by atoms with Gasteiger partial charge in [-0.05, 0) is 125 Å². The fourth-order valence-corrected chi connectivity index (χ4v) is 7.27. The van der Waals surface area contributed by atoms with Crippen molar-refractivity contribution in [3.05, 3.63) is 118 Å². The number of carbonyl (C=O) groups is 2. The van der Waals surface area contributed by atoms with Gasteiger partial charge in [0.1, 0.15) is 6.10 Å². The van der Waals surface area contributed by atoms with Crippen molar-refractivity contribution in [3.63, 3.8) is 0 Å². The first-order valence-electron chi connectivity index (χ1n) is 20.2. The Morgan fingerprint density at radius 2 is 1.19 bits per heavy atom. The zero-order chi connectivity index (χ0) is 41.3. The van der Waals surface area contributed by atoms with Gasteiger partial charge < -0.3 is 29.6 Å². The second kappa shape index (κ2) is 22.5. The van der Waals surface area contributed by atoms with Gasteiger partial charge in [0.25, 0.3) is 5.91 Å². The molecular weight excluding hydrogens is 735 g/mol. The van der Waals surface area contributed by atoms with Crippen LogP contribution in [-0.2, 0) is 18.9 Å². The monoisotopic (exact) mass is 793 g/mol. The highest BCUT2D eigenvalue weighted by Crippen LogP contribution is 2.23. The maximum Gasteiger partial charge on any atom is 0.407 e. The molecule has 310 valence electrons. The zero-order valence-corrected chi connectivity index (χ0v) is 34.9. The number of benzene rings is 3. The summed E-state index contributed by atoms with van der Waals surface area (Å²) in [5, 5.41) is 18.9. The highest BCUT2D eigenvalue weighted by Gasteiger charge is 2.16. The third-order valence-electron chi connectivity index (χ3n) is 9.76. The molecule has 0 aliphatic heterocycles. The van der Waals surface area contributed by atoms with Gasteiger partial charge in [-0.2, -0.15) is 0 Å². The van der Waals surface area contributed by atoms with E-state index in [1.165, 1.54) is 11.1 Å². The van der Waals surface area contributed by atoms with Crippen molar-refractivity contribution < 1.29 is 28.5 Å². The van der Waals surface area contributed by atoms with Crippen molar-refractivity contribution in [1.82, 2.24) is 19.8 Å². The predicted octanol–water partition coefficient (Wildman–Crippen LogP) is 8.11. The van der Waals surface area contributed by atoms with Crippen LogP contribution in [0.25, 0.3) is 11.4 Å². The zero-order valence-electron chi connectivity index (χ0n) is 34.9. The highest BCUT2D eigenvalue weighted by molar-refractivity contribution is 5.94. The van der Waals surface area contributed by atoms with Gasteiger partial charge in [0.2, 0.25) is 5.62 Å². The molecule has 0 saturated carbocycles. The minimum Gasteiger partial charge on any atom is -0.446 e. The lowest BCUT2D eigenvalue weighted by Crippen LogP contribution is -2.31. The molecule has 0 bridgehead atoms. The van der Waals surface area contributed by atoms with Crippen LogP contribution in [0.1, 0.15) is 75.8 Å². The number of rotatable bonds is 18. The van der Waals surface area contributed by atoms with Crippen LogP contribution in [0.3, 0.4) is 0 Å². The molecule has 2 amide bonds. The van der Waals surface area contributed by atoms with Crippen LogP contribution in [0, 0.1) is 41.5 Å². The fraction of sp³-hybridized carbons (Fsp3) is 0.444. The lowest BCUT2D eigenvalue weighted by atomic mass is 10.0. The first kappa shape index (κ1) is 43.7. The SMILES string of the molecule is Cc1cc(C)c(-n2ccn(-c3c(C)cc(C)cc3C)c2=NN=Nc2ccc(C(=O)NCCOCCOCCOCCNC(=O)OC3CC/C=C\CCC3)cc2)c(C)c1. The molecule has 1 aliphatic rings. The lowest BCUT2D eigenvalue weighted by Gasteiger charge is -2.18. The van der Waals surface area contributed by atoms with E-state index in [-0.39, 0.29) is 12.0 Å². The number of nitrogens with one attached hydrogen (secondary N) is 2. The van der Waals surface area contributed by atoms with Crippen molar-refractivity contribution in [2.24, 2.45) is 15.4 Å². The van der Waals surface area contributed by atoms with Gasteiger partial charge in [0, 0.05) is 31.0 Å². The van der Waals surface area contributed by atoms with Gasteiger partial charge in [0.05, 0.1) is 56.7 Å². The minimum absolute atomic E-state index is 0.0273. The van der Waals surface area contributed by atoms with Crippen LogP contribution >= 0.6 is 0 Å². The molecule has 2 N–H and O–H groups in total. The summed E-state index contributed by atoms with van der Waals surface area (Å²) in [5.74, 6) is -0.211. The van der Waals surface area contributed by atoms with Crippen molar-refractivity contribution in [2.45, 2.75) is 79.8 Å². The summed E-state index contributed by atoms with van der Waals surface area (Å²) in [6.45, 7) is 15.7. The molecule has 4 aromatic rings. The first-order chi connectivity index (χ1) is 28.1. The Bertz CT molecular complexity index is 1980. The highest BCUT2D eigenvalue weighted by atomic mass is 16.6. The molecule has 3 aromatic carbocycles. The first-order valence-corrected chi connectivity index (χ1v) is 20.2. The lowest BCUT2D eigenvalue weighted by molar-refractivity contribution is 0.0153. The van der Waals surface area contributed by atoms with Gasteiger partial charge in [-0.3, -0.25) is 13.9 Å². The van der Waals surface area contributed by atoms with Crippen molar-refractivity contribution >= 4 is 17.7 Å². The van der Waals surface area contributed by atoms with Crippen molar-refractivity contribution in [2.75, 3.05) is 52.7 Å². The average molecular weight is 794 g/mol. The standard InChI is InChI=1S/C45H59N7O6/c1-32-28-34(3)41(35(4)29-32)51-20-21-52(42-36(5)30-33(2)31-37(42)6)44(51)49-50-48-39-16-14-38(15-17-39)43(53)46-18-22-55-24-26-57-27-25-56-23-19-47-45(54)58-40-12-10-8-7-9-11-13-40/h7-8,14-17,20-21,28-31,40H,9-13,18-19,22-27H2,1-6H3,(H,46,53)(H,47,54)/b8-7-,50-48?. The molecule has 0 radical (unpaired) electrons. The van der Waals surface area contributed by atoms with Gasteiger partial charge in [-0.1, -0.05) is 52.6 Å². The van der Waals surface area contributed by atoms with Crippen LogP contribution < -0.4 is 16.3 Å². The van der Waals surface area contributed by atoms with Gasteiger partial charge in [0.15, 0.2) is 0 Å². The Morgan fingerprint density at radius 3 is 1.76 bits per heavy atom. The number of imidazole rings is 1. The summed E-state index contributed by atoms with van der Waals surface area (Å²) in [7, 11) is 0. The number of carbonyl (C=O) groups excluding carboxylic acids is 2. The molecule has 1 aromatic heterocycles. The van der Waals surface area contributed by atoms with Crippen LogP contribution in [-0.4, -0.2) is 80.0 Å². The van der Waals surface area contributed by atoms with E-state index in [1.807, 2.05) is 12.4 Å². The van der Waals surface area contributed by atoms with E-state index in [2.05, 4.69) is 113 Å². The third-order valence-corrected chi connectivity index (χ3v) is 9.76. The molecule has 0 spiro atoms. The molecule has 1 atom stereocenters. The minimum atomic E-state index is -0.393. The Kier molecular flexibility index (Phi) is 17.0. The quantitative estimate of drug-likeness (QED) is 0.0451. The molecule has 1 heterocycles. The smallest absolute Gasteiger partial charge is 0.407 e. The second-order valence-electron chi connectivity index (χ2n) is 14.7. The van der Waals surface area contributed by atoms with E-state index in [4.69, 9.17) is 18.9 Å². The van der Waals surface area contributed by atoms with E-state index < -0.39 is 6.09 Å². The van der Waals surface area contributed by atoms with E-state index >= 15 is 0 Å². The van der Waals surface area contributed by atoms with Gasteiger partial charge in [-0.25, -0.2) is 4.79 Å². The van der Waals surface area contributed by atoms with Crippen LogP contribution in [0.4, 0.5) is 10.5 Å². The predicted molar refractivity (Wildman–Crippen MR) is 225 cm³/mol. The van der Waals surface area contributed by atoms with Gasteiger partial charge >= 0.3 is 6.09 Å². The molecule has 1 aliphatic carbocycles. The Morgan fingerprint density at radius 1 is 0.672 bits per heavy atom. The molecule has 58 heavy (non-hydrogen) atoms. The summed E-state index contributed by atoms with van der Waals surface area (Å²) >= 11 is 0. The number of hydrogen-bond donors (Lipinski definition) is 2. The number of alkyl carbamates (subject to hydrolysis) is 1. The molecule has 0 saturated heterocycles. The molecule has 0 fully saturated rings. The number of allylic oxidation sites excluding steroid dienone is 2. The van der Waals surface area contributed by atoms with E-state index in [0.717, 1.165) is 65.7 Å². The summed E-state index contributed by atoms with van der Waals surface area (Å²) < 4.78 is 26.3. The summed E-state index contributed by atoms with van der Waals surface area (Å²) in [6, 6.07) is 15.6. The maximum atomic E-state index is 12.7.